The highest BCUT2D eigenvalue weighted by molar-refractivity contribution is 8.00. The van der Waals surface area contributed by atoms with Crippen LogP contribution in [0.3, 0.4) is 0 Å². The topological polar surface area (TPSA) is 107 Å². The third kappa shape index (κ3) is 5.52. The molecule has 2 aromatic carbocycles. The minimum absolute atomic E-state index is 0.105. The predicted octanol–water partition coefficient (Wildman–Crippen LogP) is 3.88. The molecule has 0 spiro atoms. The van der Waals surface area contributed by atoms with Crippen molar-refractivity contribution in [2.75, 3.05) is 31.3 Å². The van der Waals surface area contributed by atoms with Crippen molar-refractivity contribution in [2.45, 2.75) is 28.5 Å². The average molecular weight is 494 g/mol. The van der Waals surface area contributed by atoms with Crippen LogP contribution in [0.2, 0.25) is 0 Å². The summed E-state index contributed by atoms with van der Waals surface area (Å²) in [4.78, 5) is 16.8. The number of carbonyl (C=O) groups excluding carboxylic acids is 1. The smallest absolute Gasteiger partial charge is 0.240 e. The standard InChI is InChI=1S/C21H23N3O5S3/c1-30-21-24-16-7-5-14(12-19(16)31-21)23-20(25)4-2-9-22-32(26,27)15-6-8-17-18(13-15)29-11-3-10-28-17/h5-8,12-13,22H,2-4,9-11H2,1H3,(H,23,25). The molecular weight excluding hydrogens is 470 g/mol. The number of rotatable bonds is 8. The van der Waals surface area contributed by atoms with Crippen LogP contribution in [0.15, 0.2) is 45.6 Å². The quantitative estimate of drug-likeness (QED) is 0.362. The van der Waals surface area contributed by atoms with Crippen LogP contribution in [0.25, 0.3) is 10.2 Å². The van der Waals surface area contributed by atoms with Crippen LogP contribution in [0.4, 0.5) is 5.69 Å². The van der Waals surface area contributed by atoms with E-state index in [0.717, 1.165) is 21.0 Å². The summed E-state index contributed by atoms with van der Waals surface area (Å²) in [5, 5.41) is 2.86. The van der Waals surface area contributed by atoms with E-state index in [4.69, 9.17) is 9.47 Å². The summed E-state index contributed by atoms with van der Waals surface area (Å²) in [5.74, 6) is 0.792. The first-order valence-electron chi connectivity index (χ1n) is 10.1. The lowest BCUT2D eigenvalue weighted by Crippen LogP contribution is -2.25. The molecule has 4 rings (SSSR count). The summed E-state index contributed by atoms with van der Waals surface area (Å²) in [6.45, 7) is 1.17. The molecular formula is C21H23N3O5S3. The maximum atomic E-state index is 12.6. The maximum Gasteiger partial charge on any atom is 0.240 e. The summed E-state index contributed by atoms with van der Waals surface area (Å²) >= 11 is 3.16. The molecule has 1 aromatic heterocycles. The van der Waals surface area contributed by atoms with Gasteiger partial charge in [0.25, 0.3) is 0 Å². The number of sulfonamides is 1. The Morgan fingerprint density at radius 3 is 2.78 bits per heavy atom. The van der Waals surface area contributed by atoms with Crippen molar-refractivity contribution in [3.05, 3.63) is 36.4 Å². The fourth-order valence-corrected chi connectivity index (χ4v) is 5.76. The summed E-state index contributed by atoms with van der Waals surface area (Å²) in [6, 6.07) is 10.2. The number of nitrogens with one attached hydrogen (secondary N) is 2. The molecule has 0 radical (unpaired) electrons. The fraction of sp³-hybridized carbons (Fsp3) is 0.333. The van der Waals surface area contributed by atoms with Gasteiger partial charge in [-0.15, -0.1) is 11.3 Å². The van der Waals surface area contributed by atoms with Gasteiger partial charge in [0.05, 0.1) is 28.3 Å². The molecule has 3 aromatic rings. The SMILES string of the molecule is CSc1nc2ccc(NC(=O)CCCNS(=O)(=O)c3ccc4c(c3)OCCCO4)cc2s1. The molecule has 32 heavy (non-hydrogen) atoms. The van der Waals surface area contributed by atoms with Crippen molar-refractivity contribution in [2.24, 2.45) is 0 Å². The zero-order chi connectivity index (χ0) is 22.6. The molecule has 11 heteroatoms. The van der Waals surface area contributed by atoms with Crippen molar-refractivity contribution < 1.29 is 22.7 Å². The predicted molar refractivity (Wildman–Crippen MR) is 127 cm³/mol. The lowest BCUT2D eigenvalue weighted by atomic mass is 10.2. The van der Waals surface area contributed by atoms with E-state index in [1.807, 2.05) is 24.5 Å². The van der Waals surface area contributed by atoms with Crippen molar-refractivity contribution in [1.82, 2.24) is 9.71 Å². The Hall–Kier alpha value is -2.34. The van der Waals surface area contributed by atoms with E-state index in [9.17, 15) is 13.2 Å². The third-order valence-corrected chi connectivity index (χ3v) is 8.19. The molecule has 2 N–H and O–H groups in total. The van der Waals surface area contributed by atoms with Gasteiger partial charge in [-0.1, -0.05) is 11.8 Å². The first kappa shape index (κ1) is 22.8. The molecule has 0 saturated carbocycles. The Labute approximate surface area is 194 Å². The largest absolute Gasteiger partial charge is 0.490 e. The van der Waals surface area contributed by atoms with Gasteiger partial charge in [0.1, 0.15) is 0 Å². The minimum atomic E-state index is -3.71. The number of benzene rings is 2. The van der Waals surface area contributed by atoms with E-state index in [0.29, 0.717) is 36.8 Å². The van der Waals surface area contributed by atoms with Gasteiger partial charge in [0.2, 0.25) is 15.9 Å². The van der Waals surface area contributed by atoms with Gasteiger partial charge in [-0.05, 0) is 43.0 Å². The Bertz CT molecular complexity index is 1230. The van der Waals surface area contributed by atoms with Crippen LogP contribution in [-0.2, 0) is 14.8 Å². The molecule has 170 valence electrons. The van der Waals surface area contributed by atoms with E-state index >= 15 is 0 Å². The first-order valence-corrected chi connectivity index (χ1v) is 13.6. The van der Waals surface area contributed by atoms with Gasteiger partial charge in [-0.25, -0.2) is 18.1 Å². The van der Waals surface area contributed by atoms with Gasteiger partial charge in [0, 0.05) is 31.1 Å². The normalized spacial score (nSPS) is 13.7. The summed E-state index contributed by atoms with van der Waals surface area (Å²) in [6.07, 6.45) is 3.28. The number of anilines is 1. The fourth-order valence-electron chi connectivity index (χ4n) is 3.14. The van der Waals surface area contributed by atoms with Crippen molar-refractivity contribution in [3.8, 4) is 11.5 Å². The lowest BCUT2D eigenvalue weighted by Gasteiger charge is -2.11. The number of aromatic nitrogens is 1. The Morgan fingerprint density at radius 2 is 1.97 bits per heavy atom. The number of ether oxygens (including phenoxy) is 2. The Balaban J connectivity index is 1.28. The summed E-state index contributed by atoms with van der Waals surface area (Å²) in [7, 11) is -3.71. The van der Waals surface area contributed by atoms with Crippen molar-refractivity contribution in [3.63, 3.8) is 0 Å². The zero-order valence-electron chi connectivity index (χ0n) is 17.4. The molecule has 0 atom stereocenters. The van der Waals surface area contributed by atoms with Crippen LogP contribution in [-0.4, -0.2) is 45.3 Å². The number of nitrogens with zero attached hydrogens (tertiary/aromatic N) is 1. The highest BCUT2D eigenvalue weighted by Gasteiger charge is 2.18. The number of hydrogen-bond donors (Lipinski definition) is 2. The Morgan fingerprint density at radius 1 is 1.16 bits per heavy atom. The van der Waals surface area contributed by atoms with Gasteiger partial charge in [0.15, 0.2) is 15.8 Å². The molecule has 0 bridgehead atoms. The van der Waals surface area contributed by atoms with Gasteiger partial charge in [-0.2, -0.15) is 0 Å². The number of thioether (sulfide) groups is 1. The molecule has 0 unspecified atom stereocenters. The van der Waals surface area contributed by atoms with E-state index < -0.39 is 10.0 Å². The van der Waals surface area contributed by atoms with Crippen LogP contribution in [0.1, 0.15) is 19.3 Å². The Kier molecular flexibility index (Phi) is 7.19. The first-order chi connectivity index (χ1) is 15.4. The summed E-state index contributed by atoms with van der Waals surface area (Å²) < 4.78 is 40.8. The van der Waals surface area contributed by atoms with Gasteiger partial charge >= 0.3 is 0 Å². The summed E-state index contributed by atoms with van der Waals surface area (Å²) in [5.41, 5.74) is 1.60. The number of hydrogen-bond acceptors (Lipinski definition) is 8. The van der Waals surface area contributed by atoms with Gasteiger partial charge in [-0.3, -0.25) is 4.79 Å². The number of fused-ring (bicyclic) bond motifs is 2. The molecule has 0 fully saturated rings. The van der Waals surface area contributed by atoms with E-state index in [1.165, 1.54) is 12.1 Å². The van der Waals surface area contributed by atoms with E-state index in [1.54, 1.807) is 29.2 Å². The highest BCUT2D eigenvalue weighted by atomic mass is 32.2. The second kappa shape index (κ2) is 10.1. The molecule has 1 amide bonds. The number of carbonyl (C=O) groups is 1. The van der Waals surface area contributed by atoms with Crippen molar-refractivity contribution in [1.29, 1.82) is 0 Å². The number of thiazole rings is 1. The highest BCUT2D eigenvalue weighted by Crippen LogP contribution is 2.32. The molecule has 0 aliphatic carbocycles. The molecule has 1 aliphatic rings. The van der Waals surface area contributed by atoms with Crippen molar-refractivity contribution >= 4 is 54.9 Å². The van der Waals surface area contributed by atoms with Gasteiger partial charge < -0.3 is 14.8 Å². The molecule has 1 aliphatic heterocycles. The van der Waals surface area contributed by atoms with Crippen LogP contribution in [0, 0.1) is 0 Å². The molecule has 8 nitrogen and oxygen atoms in total. The molecule has 0 saturated heterocycles. The lowest BCUT2D eigenvalue weighted by molar-refractivity contribution is -0.116. The van der Waals surface area contributed by atoms with Crippen LogP contribution >= 0.6 is 23.1 Å². The van der Waals surface area contributed by atoms with Crippen LogP contribution < -0.4 is 19.5 Å². The number of amides is 1. The minimum Gasteiger partial charge on any atom is -0.490 e. The zero-order valence-corrected chi connectivity index (χ0v) is 19.9. The average Bonchev–Trinajstić information content (AvgIpc) is 3.04. The monoisotopic (exact) mass is 493 g/mol. The van der Waals surface area contributed by atoms with E-state index in [2.05, 4.69) is 15.0 Å². The maximum absolute atomic E-state index is 12.6. The van der Waals surface area contributed by atoms with Crippen LogP contribution in [0.5, 0.6) is 11.5 Å². The third-order valence-electron chi connectivity index (χ3n) is 4.73. The molecule has 2 heterocycles. The second-order valence-electron chi connectivity index (χ2n) is 7.07. The van der Waals surface area contributed by atoms with E-state index in [-0.39, 0.29) is 23.8 Å². The second-order valence-corrected chi connectivity index (χ2v) is 10.9.